The van der Waals surface area contributed by atoms with Crippen LogP contribution >= 0.6 is 0 Å². The molecule has 0 unspecified atom stereocenters. The normalized spacial score (nSPS) is 24.5. The van der Waals surface area contributed by atoms with E-state index >= 15 is 0 Å². The average molecular weight is 597 g/mol. The summed E-state index contributed by atoms with van der Waals surface area (Å²) in [6, 6.07) is 0. The van der Waals surface area contributed by atoms with Gasteiger partial charge in [-0.3, -0.25) is 9.59 Å². The van der Waals surface area contributed by atoms with Gasteiger partial charge in [-0.2, -0.15) is 0 Å². The molecule has 0 aliphatic heterocycles. The van der Waals surface area contributed by atoms with Gasteiger partial charge in [-0.05, 0) is 87.5 Å². The highest BCUT2D eigenvalue weighted by Crippen LogP contribution is 2.40. The van der Waals surface area contributed by atoms with Gasteiger partial charge in [0.25, 0.3) is 0 Å². The summed E-state index contributed by atoms with van der Waals surface area (Å²) in [6.07, 6.45) is 27.5. The van der Waals surface area contributed by atoms with Gasteiger partial charge in [0.1, 0.15) is 12.2 Å². The van der Waals surface area contributed by atoms with Crippen molar-refractivity contribution in [1.82, 2.24) is 0 Å². The Labute approximate surface area is 265 Å². The molecule has 2 aliphatic carbocycles. The van der Waals surface area contributed by atoms with Gasteiger partial charge in [0.05, 0.1) is 0 Å². The lowest BCUT2D eigenvalue weighted by atomic mass is 9.71. The summed E-state index contributed by atoms with van der Waals surface area (Å²) in [5.74, 6) is -0.350. The molecule has 2 aliphatic rings. The van der Waals surface area contributed by atoms with Crippen molar-refractivity contribution in [3.63, 3.8) is 0 Å². The molecule has 0 aromatic heterocycles. The van der Waals surface area contributed by atoms with E-state index in [-0.39, 0.29) is 22.4 Å². The van der Waals surface area contributed by atoms with Crippen molar-refractivity contribution in [2.24, 2.45) is 10.8 Å². The highest BCUT2D eigenvalue weighted by Gasteiger charge is 2.37. The molecule has 0 amide bonds. The van der Waals surface area contributed by atoms with E-state index in [4.69, 9.17) is 0 Å². The number of rotatable bonds is 10. The average Bonchev–Trinajstić information content (AvgIpc) is 2.92. The van der Waals surface area contributed by atoms with E-state index in [1.807, 2.05) is 74.6 Å². The highest BCUT2D eigenvalue weighted by atomic mass is 16.3. The number of carbonyl (C=O) groups excluding carboxylic acids is 2. The highest BCUT2D eigenvalue weighted by molar-refractivity contribution is 6.01. The number of hydrogen-bond donors (Lipinski definition) is 2. The zero-order valence-corrected chi connectivity index (χ0v) is 28.4. The van der Waals surface area contributed by atoms with Crippen molar-refractivity contribution in [3.8, 4) is 0 Å². The lowest BCUT2D eigenvalue weighted by Crippen LogP contribution is -2.35. The Balaban J connectivity index is 1.95. The van der Waals surface area contributed by atoms with Crippen LogP contribution in [0.5, 0.6) is 0 Å². The maximum absolute atomic E-state index is 12.2. The molecule has 44 heavy (non-hydrogen) atoms. The van der Waals surface area contributed by atoms with Gasteiger partial charge in [0.15, 0.2) is 11.6 Å². The molecular formula is C40H52O4. The van der Waals surface area contributed by atoms with Gasteiger partial charge in [-0.25, -0.2) is 0 Å². The molecule has 0 heterocycles. The van der Waals surface area contributed by atoms with Gasteiger partial charge in [0.2, 0.25) is 0 Å². The van der Waals surface area contributed by atoms with E-state index in [2.05, 4.69) is 65.8 Å². The minimum Gasteiger partial charge on any atom is -0.385 e. The number of hydrogen-bond acceptors (Lipinski definition) is 4. The van der Waals surface area contributed by atoms with Crippen molar-refractivity contribution in [2.45, 2.75) is 94.3 Å². The first kappa shape index (κ1) is 36.6. The molecule has 0 fully saturated rings. The number of carbonyl (C=O) groups is 2. The molecular weight excluding hydrogens is 544 g/mol. The van der Waals surface area contributed by atoms with Crippen molar-refractivity contribution >= 4 is 11.6 Å². The first-order chi connectivity index (χ1) is 20.5. The number of aliphatic hydroxyl groups is 2. The summed E-state index contributed by atoms with van der Waals surface area (Å²) >= 11 is 0. The van der Waals surface area contributed by atoms with Crippen molar-refractivity contribution in [2.75, 3.05) is 0 Å². The molecule has 0 bridgehead atoms. The van der Waals surface area contributed by atoms with Crippen LogP contribution in [-0.4, -0.2) is 34.0 Å². The molecule has 4 heteroatoms. The van der Waals surface area contributed by atoms with Crippen LogP contribution in [0.3, 0.4) is 0 Å². The molecule has 2 rings (SSSR count). The maximum Gasteiger partial charge on any atom is 0.187 e. The predicted molar refractivity (Wildman–Crippen MR) is 185 cm³/mol. The summed E-state index contributed by atoms with van der Waals surface area (Å²) in [5, 5.41) is 20.0. The molecule has 0 spiro atoms. The van der Waals surface area contributed by atoms with Gasteiger partial charge >= 0.3 is 0 Å². The third kappa shape index (κ3) is 10.5. The van der Waals surface area contributed by atoms with Gasteiger partial charge in [-0.15, -0.1) is 0 Å². The molecule has 4 nitrogen and oxygen atoms in total. The molecule has 0 aromatic carbocycles. The largest absolute Gasteiger partial charge is 0.385 e. The Bertz CT molecular complexity index is 1340. The molecule has 2 atom stereocenters. The van der Waals surface area contributed by atoms with Crippen LogP contribution in [0.25, 0.3) is 0 Å². The number of ketones is 2. The Kier molecular flexibility index (Phi) is 13.2. The second kappa shape index (κ2) is 15.9. The summed E-state index contributed by atoms with van der Waals surface area (Å²) in [5.41, 5.74) is 7.16. The number of aliphatic hydroxyl groups excluding tert-OH is 2. The quantitative estimate of drug-likeness (QED) is 0.247. The van der Waals surface area contributed by atoms with E-state index < -0.39 is 12.2 Å². The monoisotopic (exact) mass is 596 g/mol. The molecule has 2 N–H and O–H groups in total. The molecule has 236 valence electrons. The summed E-state index contributed by atoms with van der Waals surface area (Å²) in [6.45, 7) is 20.0. The second-order valence-electron chi connectivity index (χ2n) is 13.4. The van der Waals surface area contributed by atoms with Crippen LogP contribution in [0.15, 0.2) is 130 Å². The van der Waals surface area contributed by atoms with E-state index in [0.29, 0.717) is 24.0 Å². The molecule has 0 radical (unpaired) electrons. The van der Waals surface area contributed by atoms with Crippen molar-refractivity contribution in [3.05, 3.63) is 130 Å². The van der Waals surface area contributed by atoms with Crippen LogP contribution in [0, 0.1) is 10.8 Å². The van der Waals surface area contributed by atoms with E-state index in [1.54, 1.807) is 13.8 Å². The van der Waals surface area contributed by atoms with Crippen LogP contribution in [0.1, 0.15) is 82.1 Å². The number of allylic oxidation sites excluding steroid dienone is 20. The smallest absolute Gasteiger partial charge is 0.187 e. The first-order valence-electron chi connectivity index (χ1n) is 15.4. The standard InChI is InChI=1S/C40H52O4/c1-27(17-13-19-29(3)21-23-33-31(5)37(43)35(41)25-39(33,7)8)15-11-12-16-28(2)18-14-20-30(4)22-24-34-32(6)38(44)36(42)26-40(34,9)10/h11-24,35-36,41-42H,25-26H2,1-10H3/b12-11+,17-13+,18-14?,23-21+,24-22?,27-15+,28-16?,29-19+,30-20?/t35-,36-/m0/s1. The van der Waals surface area contributed by atoms with Crippen LogP contribution in [0.2, 0.25) is 0 Å². The number of Topliss-reactive ketones (excluding diaryl/α,β-unsaturated/α-hetero) is 2. The fraction of sp³-hybridized carbons (Fsp3) is 0.400. The first-order valence-corrected chi connectivity index (χ1v) is 15.4. The van der Waals surface area contributed by atoms with Crippen molar-refractivity contribution in [1.29, 1.82) is 0 Å². The lowest BCUT2D eigenvalue weighted by molar-refractivity contribution is -0.126. The van der Waals surface area contributed by atoms with Crippen LogP contribution < -0.4 is 0 Å². The zero-order chi connectivity index (χ0) is 33.2. The third-order valence-electron chi connectivity index (χ3n) is 8.31. The van der Waals surface area contributed by atoms with Crippen LogP contribution in [0.4, 0.5) is 0 Å². The Morgan fingerprint density at radius 1 is 0.568 bits per heavy atom. The fourth-order valence-electron chi connectivity index (χ4n) is 5.62. The summed E-state index contributed by atoms with van der Waals surface area (Å²) in [7, 11) is 0. The van der Waals surface area contributed by atoms with Gasteiger partial charge in [0, 0.05) is 0 Å². The zero-order valence-electron chi connectivity index (χ0n) is 28.4. The minimum atomic E-state index is -0.907. The molecule has 0 saturated heterocycles. The van der Waals surface area contributed by atoms with Crippen LogP contribution in [-0.2, 0) is 9.59 Å². The van der Waals surface area contributed by atoms with Gasteiger partial charge in [-0.1, -0.05) is 135 Å². The minimum absolute atomic E-state index is 0.175. The van der Waals surface area contributed by atoms with E-state index in [1.165, 1.54) is 0 Å². The Hall–Kier alpha value is -3.60. The Morgan fingerprint density at radius 2 is 0.864 bits per heavy atom. The summed E-state index contributed by atoms with van der Waals surface area (Å²) < 4.78 is 0. The topological polar surface area (TPSA) is 74.6 Å². The Morgan fingerprint density at radius 3 is 1.20 bits per heavy atom. The van der Waals surface area contributed by atoms with E-state index in [9.17, 15) is 19.8 Å². The van der Waals surface area contributed by atoms with E-state index in [0.717, 1.165) is 33.4 Å². The SMILES string of the molecule is CC(C=CC1=C(C)C(=O)[C@@H](O)CC1(C)C)=CC=CC(C)=C/C=C/C=C(C)/C=C/C=C(C)/C=C/C1=C(C)C(=O)[C@@H](O)CC1(C)C. The summed E-state index contributed by atoms with van der Waals surface area (Å²) in [4.78, 5) is 24.5. The molecule has 0 saturated carbocycles. The third-order valence-corrected chi connectivity index (χ3v) is 8.31. The van der Waals surface area contributed by atoms with Crippen molar-refractivity contribution < 1.29 is 19.8 Å². The van der Waals surface area contributed by atoms with Gasteiger partial charge < -0.3 is 10.2 Å². The molecule has 0 aromatic rings. The predicted octanol–water partition coefficient (Wildman–Crippen LogP) is 8.91. The second-order valence-corrected chi connectivity index (χ2v) is 13.4. The maximum atomic E-state index is 12.2. The fourth-order valence-corrected chi connectivity index (χ4v) is 5.62. The lowest BCUT2D eigenvalue weighted by Gasteiger charge is -2.34.